The number of thioether (sulfide) groups is 1. The molecule has 3 fully saturated rings. The van der Waals surface area contributed by atoms with Crippen molar-refractivity contribution in [3.63, 3.8) is 0 Å². The number of nitrogens with one attached hydrogen (secondary N) is 1. The lowest BCUT2D eigenvalue weighted by atomic mass is 9.99. The molecule has 0 radical (unpaired) electrons. The summed E-state index contributed by atoms with van der Waals surface area (Å²) in [5.74, 6) is 1.15. The first-order chi connectivity index (χ1) is 15.0. The number of carbonyl (C=O) groups is 3. The molecular formula is C23H31N3O4S. The van der Waals surface area contributed by atoms with Crippen LogP contribution in [0.25, 0.3) is 0 Å². The molecule has 0 atom stereocenters. The molecule has 0 unspecified atom stereocenters. The number of esters is 1. The zero-order valence-corrected chi connectivity index (χ0v) is 18.9. The molecule has 8 heteroatoms. The van der Waals surface area contributed by atoms with Crippen LogP contribution in [0.1, 0.15) is 55.8 Å². The van der Waals surface area contributed by atoms with Crippen LogP contribution in [-0.4, -0.2) is 64.6 Å². The molecule has 2 aliphatic heterocycles. The zero-order valence-electron chi connectivity index (χ0n) is 18.1. The fourth-order valence-electron chi connectivity index (χ4n) is 4.89. The van der Waals surface area contributed by atoms with Gasteiger partial charge in [-0.25, -0.2) is 9.59 Å². The smallest absolute Gasteiger partial charge is 0.338 e. The van der Waals surface area contributed by atoms with Crippen molar-refractivity contribution >= 4 is 35.4 Å². The molecule has 1 saturated carbocycles. The topological polar surface area (TPSA) is 79.0 Å². The van der Waals surface area contributed by atoms with Crippen molar-refractivity contribution in [2.75, 3.05) is 37.3 Å². The SMILES string of the molecule is CCOC(=O)c1ccc(NC(=O)N2CCC3(CC2)SCCN3C(=O)C2CCCC2)cc1. The Kier molecular flexibility index (Phi) is 6.74. The van der Waals surface area contributed by atoms with E-state index in [9.17, 15) is 14.4 Å². The predicted molar refractivity (Wildman–Crippen MR) is 121 cm³/mol. The highest BCUT2D eigenvalue weighted by Gasteiger charge is 2.48. The molecule has 7 nitrogen and oxygen atoms in total. The predicted octanol–water partition coefficient (Wildman–Crippen LogP) is 3.95. The summed E-state index contributed by atoms with van der Waals surface area (Å²) in [6, 6.07) is 6.59. The summed E-state index contributed by atoms with van der Waals surface area (Å²) in [6.45, 7) is 4.19. The normalized spacial score (nSPS) is 20.8. The number of ether oxygens (including phenoxy) is 1. The van der Waals surface area contributed by atoms with E-state index >= 15 is 0 Å². The van der Waals surface area contributed by atoms with Gasteiger partial charge in [0.15, 0.2) is 0 Å². The van der Waals surface area contributed by atoms with Crippen LogP contribution in [0, 0.1) is 5.92 Å². The minimum absolute atomic E-state index is 0.141. The van der Waals surface area contributed by atoms with Gasteiger partial charge in [-0.2, -0.15) is 0 Å². The molecule has 4 rings (SSSR count). The van der Waals surface area contributed by atoms with E-state index in [1.807, 2.05) is 16.7 Å². The number of amides is 3. The highest BCUT2D eigenvalue weighted by molar-refractivity contribution is 8.00. The minimum atomic E-state index is -0.368. The summed E-state index contributed by atoms with van der Waals surface area (Å²) < 4.78 is 4.98. The second-order valence-electron chi connectivity index (χ2n) is 8.48. The van der Waals surface area contributed by atoms with Crippen molar-refractivity contribution < 1.29 is 19.1 Å². The van der Waals surface area contributed by atoms with Crippen LogP contribution in [0.2, 0.25) is 0 Å². The molecule has 31 heavy (non-hydrogen) atoms. The average Bonchev–Trinajstić information content (AvgIpc) is 3.45. The maximum Gasteiger partial charge on any atom is 0.338 e. The number of carbonyl (C=O) groups excluding carboxylic acids is 3. The fourth-order valence-corrected chi connectivity index (χ4v) is 6.35. The van der Waals surface area contributed by atoms with Crippen molar-refractivity contribution in [3.8, 4) is 0 Å². The molecule has 1 aromatic rings. The summed E-state index contributed by atoms with van der Waals surface area (Å²) in [5, 5.41) is 2.92. The molecule has 1 aromatic carbocycles. The van der Waals surface area contributed by atoms with Gasteiger partial charge in [-0.1, -0.05) is 12.8 Å². The molecule has 1 aliphatic carbocycles. The molecule has 2 saturated heterocycles. The van der Waals surface area contributed by atoms with Crippen molar-refractivity contribution in [2.45, 2.75) is 50.3 Å². The van der Waals surface area contributed by atoms with E-state index < -0.39 is 0 Å². The number of likely N-dealkylation sites (tertiary alicyclic amines) is 1. The molecule has 1 spiro atoms. The average molecular weight is 446 g/mol. The Morgan fingerprint density at radius 1 is 1.10 bits per heavy atom. The van der Waals surface area contributed by atoms with Gasteiger partial charge in [0.25, 0.3) is 0 Å². The lowest BCUT2D eigenvalue weighted by Gasteiger charge is -2.44. The molecule has 1 N–H and O–H groups in total. The second kappa shape index (κ2) is 9.51. The van der Waals surface area contributed by atoms with Crippen LogP contribution in [0.5, 0.6) is 0 Å². The number of rotatable bonds is 4. The van der Waals surface area contributed by atoms with Gasteiger partial charge in [-0.3, -0.25) is 4.79 Å². The number of nitrogens with zero attached hydrogens (tertiary/aromatic N) is 2. The van der Waals surface area contributed by atoms with Gasteiger partial charge in [0, 0.05) is 37.0 Å². The van der Waals surface area contributed by atoms with Crippen molar-refractivity contribution in [1.82, 2.24) is 9.80 Å². The Morgan fingerprint density at radius 3 is 2.42 bits per heavy atom. The van der Waals surface area contributed by atoms with E-state index in [0.29, 0.717) is 36.9 Å². The highest BCUT2D eigenvalue weighted by atomic mass is 32.2. The highest BCUT2D eigenvalue weighted by Crippen LogP contribution is 2.45. The third-order valence-corrected chi connectivity index (χ3v) is 8.18. The van der Waals surface area contributed by atoms with E-state index in [0.717, 1.165) is 38.0 Å². The van der Waals surface area contributed by atoms with Crippen LogP contribution in [0.15, 0.2) is 24.3 Å². The molecule has 0 aromatic heterocycles. The first-order valence-corrected chi connectivity index (χ1v) is 12.3. The Balaban J connectivity index is 1.32. The van der Waals surface area contributed by atoms with E-state index in [2.05, 4.69) is 10.2 Å². The maximum absolute atomic E-state index is 13.1. The molecule has 2 heterocycles. The third-order valence-electron chi connectivity index (χ3n) is 6.63. The van der Waals surface area contributed by atoms with Gasteiger partial charge in [-0.15, -0.1) is 11.8 Å². The number of hydrogen-bond donors (Lipinski definition) is 1. The minimum Gasteiger partial charge on any atom is -0.462 e. The first kappa shape index (κ1) is 22.0. The third kappa shape index (κ3) is 4.68. The summed E-state index contributed by atoms with van der Waals surface area (Å²) in [6.07, 6.45) is 6.01. The van der Waals surface area contributed by atoms with Crippen molar-refractivity contribution in [1.29, 1.82) is 0 Å². The van der Waals surface area contributed by atoms with Gasteiger partial charge >= 0.3 is 12.0 Å². The zero-order chi connectivity index (χ0) is 21.8. The van der Waals surface area contributed by atoms with Gasteiger partial charge in [0.1, 0.15) is 0 Å². The Hall–Kier alpha value is -2.22. The fraction of sp³-hybridized carbons (Fsp3) is 0.609. The molecule has 3 amide bonds. The first-order valence-electron chi connectivity index (χ1n) is 11.3. The largest absolute Gasteiger partial charge is 0.462 e. The van der Waals surface area contributed by atoms with Crippen LogP contribution in [0.4, 0.5) is 10.5 Å². The van der Waals surface area contributed by atoms with Crippen LogP contribution in [-0.2, 0) is 9.53 Å². The molecule has 0 bridgehead atoms. The number of benzene rings is 1. The Morgan fingerprint density at radius 2 is 1.77 bits per heavy atom. The van der Waals surface area contributed by atoms with E-state index in [4.69, 9.17) is 4.74 Å². The van der Waals surface area contributed by atoms with Crippen LogP contribution >= 0.6 is 11.8 Å². The maximum atomic E-state index is 13.1. The molecule has 168 valence electrons. The summed E-state index contributed by atoms with van der Waals surface area (Å²) >= 11 is 1.89. The summed E-state index contributed by atoms with van der Waals surface area (Å²) in [4.78, 5) is 41.4. The second-order valence-corrected chi connectivity index (χ2v) is 9.94. The summed E-state index contributed by atoms with van der Waals surface area (Å²) in [7, 11) is 0. The van der Waals surface area contributed by atoms with E-state index in [-0.39, 0.29) is 22.8 Å². The number of anilines is 1. The Bertz CT molecular complexity index is 815. The van der Waals surface area contributed by atoms with Crippen LogP contribution < -0.4 is 5.32 Å². The summed E-state index contributed by atoms with van der Waals surface area (Å²) in [5.41, 5.74) is 1.11. The van der Waals surface area contributed by atoms with Crippen molar-refractivity contribution in [3.05, 3.63) is 29.8 Å². The lowest BCUT2D eigenvalue weighted by Crippen LogP contribution is -2.55. The number of urea groups is 1. The van der Waals surface area contributed by atoms with E-state index in [1.165, 1.54) is 12.8 Å². The van der Waals surface area contributed by atoms with Crippen LogP contribution in [0.3, 0.4) is 0 Å². The molecular weight excluding hydrogens is 414 g/mol. The van der Waals surface area contributed by atoms with Gasteiger partial charge in [-0.05, 0) is 56.9 Å². The van der Waals surface area contributed by atoms with Gasteiger partial charge in [0.05, 0.1) is 17.0 Å². The van der Waals surface area contributed by atoms with Gasteiger partial charge in [0.2, 0.25) is 5.91 Å². The standard InChI is InChI=1S/C23H31N3O4S/c1-2-30-21(28)18-7-9-19(10-8-18)24-22(29)25-13-11-23(12-14-25)26(15-16-31-23)20(27)17-5-3-4-6-17/h7-10,17H,2-6,11-16H2,1H3,(H,24,29). The Labute approximate surface area is 187 Å². The number of hydrogen-bond acceptors (Lipinski definition) is 5. The molecule has 3 aliphatic rings. The van der Waals surface area contributed by atoms with E-state index in [1.54, 1.807) is 31.2 Å². The monoisotopic (exact) mass is 445 g/mol. The quantitative estimate of drug-likeness (QED) is 0.710. The van der Waals surface area contributed by atoms with Gasteiger partial charge < -0.3 is 19.9 Å². The number of piperidine rings is 1. The lowest BCUT2D eigenvalue weighted by molar-refractivity contribution is -0.138. The van der Waals surface area contributed by atoms with Crippen molar-refractivity contribution in [2.24, 2.45) is 5.92 Å².